The van der Waals surface area contributed by atoms with Crippen molar-refractivity contribution < 1.29 is 19.5 Å². The number of likely N-dealkylation sites (tertiary alicyclic amines) is 1. The van der Waals surface area contributed by atoms with E-state index in [0.717, 1.165) is 17.0 Å². The molecule has 0 aliphatic carbocycles. The fraction of sp³-hybridized carbons (Fsp3) is 0.667. The molecule has 2 N–H and O–H groups in total. The van der Waals surface area contributed by atoms with E-state index in [1.807, 2.05) is 13.8 Å². The molecule has 0 radical (unpaired) electrons. The fourth-order valence-corrected chi connectivity index (χ4v) is 2.22. The molecule has 2 unspecified atom stereocenters. The van der Waals surface area contributed by atoms with Crippen LogP contribution in [0.15, 0.2) is 4.52 Å². The van der Waals surface area contributed by atoms with Crippen LogP contribution in [0.3, 0.4) is 0 Å². The number of carbonyl (C=O) groups excluding carboxylic acids is 1. The van der Waals surface area contributed by atoms with Gasteiger partial charge in [-0.15, -0.1) is 0 Å². The standard InChI is InChI=1S/C12H18N2O4/c1-7-9(8(2)18-13-7)3-4-12(17)14-5-10(15)11(16)6-14/h10-11,15-16H,3-6H2,1-2H3. The molecule has 1 fully saturated rings. The zero-order valence-electron chi connectivity index (χ0n) is 10.6. The first-order valence-corrected chi connectivity index (χ1v) is 6.04. The number of nitrogens with zero attached hydrogens (tertiary/aromatic N) is 2. The van der Waals surface area contributed by atoms with E-state index in [-0.39, 0.29) is 19.0 Å². The van der Waals surface area contributed by atoms with Crippen LogP contribution in [0.1, 0.15) is 23.4 Å². The fourth-order valence-electron chi connectivity index (χ4n) is 2.22. The minimum atomic E-state index is -0.826. The molecule has 2 atom stereocenters. The zero-order valence-corrected chi connectivity index (χ0v) is 10.6. The van der Waals surface area contributed by atoms with Crippen LogP contribution >= 0.6 is 0 Å². The highest BCUT2D eigenvalue weighted by atomic mass is 16.5. The number of β-amino-alcohol motifs (C(OH)–C–C–N with tert-alkyl or cyclic N) is 2. The molecular weight excluding hydrogens is 236 g/mol. The summed E-state index contributed by atoms with van der Waals surface area (Å²) in [5, 5.41) is 22.6. The molecule has 0 bridgehead atoms. The second kappa shape index (κ2) is 5.07. The monoisotopic (exact) mass is 254 g/mol. The Kier molecular flexibility index (Phi) is 3.68. The van der Waals surface area contributed by atoms with Gasteiger partial charge in [-0.3, -0.25) is 4.79 Å². The first-order chi connectivity index (χ1) is 8.49. The Labute approximate surface area is 105 Å². The van der Waals surface area contributed by atoms with Crippen molar-refractivity contribution in [2.24, 2.45) is 0 Å². The number of amides is 1. The van der Waals surface area contributed by atoms with E-state index < -0.39 is 12.2 Å². The maximum atomic E-state index is 11.9. The average Bonchev–Trinajstić information content (AvgIpc) is 2.82. The van der Waals surface area contributed by atoms with Crippen molar-refractivity contribution >= 4 is 5.91 Å². The van der Waals surface area contributed by atoms with Crippen molar-refractivity contribution in [3.05, 3.63) is 17.0 Å². The minimum absolute atomic E-state index is 0.0643. The summed E-state index contributed by atoms with van der Waals surface area (Å²) >= 11 is 0. The Morgan fingerprint density at radius 1 is 1.39 bits per heavy atom. The summed E-state index contributed by atoms with van der Waals surface area (Å²) in [5.41, 5.74) is 1.77. The third-order valence-electron chi connectivity index (χ3n) is 3.38. The molecule has 6 nitrogen and oxygen atoms in total. The predicted octanol–water partition coefficient (Wildman–Crippen LogP) is -0.212. The van der Waals surface area contributed by atoms with Crippen molar-refractivity contribution in [2.75, 3.05) is 13.1 Å². The predicted molar refractivity (Wildman–Crippen MR) is 62.9 cm³/mol. The van der Waals surface area contributed by atoms with Crippen LogP contribution in [0.25, 0.3) is 0 Å². The van der Waals surface area contributed by atoms with Gasteiger partial charge in [-0.05, 0) is 20.3 Å². The van der Waals surface area contributed by atoms with E-state index in [2.05, 4.69) is 5.16 Å². The molecule has 1 aromatic heterocycles. The molecule has 6 heteroatoms. The summed E-state index contributed by atoms with van der Waals surface area (Å²) < 4.78 is 5.03. The second-order valence-corrected chi connectivity index (χ2v) is 4.74. The average molecular weight is 254 g/mol. The lowest BCUT2D eigenvalue weighted by molar-refractivity contribution is -0.130. The van der Waals surface area contributed by atoms with Gasteiger partial charge in [-0.25, -0.2) is 0 Å². The molecule has 0 saturated carbocycles. The van der Waals surface area contributed by atoms with Gasteiger partial charge in [-0.2, -0.15) is 0 Å². The SMILES string of the molecule is Cc1noc(C)c1CCC(=O)N1CC(O)C(O)C1. The quantitative estimate of drug-likeness (QED) is 0.779. The number of carbonyl (C=O) groups is 1. The summed E-state index contributed by atoms with van der Waals surface area (Å²) in [4.78, 5) is 13.4. The van der Waals surface area contributed by atoms with Crippen LogP contribution in [0.4, 0.5) is 0 Å². The third-order valence-corrected chi connectivity index (χ3v) is 3.38. The van der Waals surface area contributed by atoms with Crippen LogP contribution in [0.5, 0.6) is 0 Å². The topological polar surface area (TPSA) is 86.8 Å². The third kappa shape index (κ3) is 2.54. The number of rotatable bonds is 3. The Morgan fingerprint density at radius 3 is 2.50 bits per heavy atom. The van der Waals surface area contributed by atoms with Gasteiger partial charge in [0.1, 0.15) is 5.76 Å². The lowest BCUT2D eigenvalue weighted by Crippen LogP contribution is -2.30. The number of aryl methyl sites for hydroxylation is 2. The van der Waals surface area contributed by atoms with E-state index in [4.69, 9.17) is 4.52 Å². The van der Waals surface area contributed by atoms with Crippen LogP contribution in [-0.2, 0) is 11.2 Å². The van der Waals surface area contributed by atoms with Gasteiger partial charge in [-0.1, -0.05) is 5.16 Å². The van der Waals surface area contributed by atoms with Crippen molar-refractivity contribution in [3.8, 4) is 0 Å². The minimum Gasteiger partial charge on any atom is -0.388 e. The van der Waals surface area contributed by atoms with Crippen LogP contribution in [-0.4, -0.2) is 51.5 Å². The normalized spacial score (nSPS) is 23.7. The molecule has 1 amide bonds. The first kappa shape index (κ1) is 13.0. The summed E-state index contributed by atoms with van der Waals surface area (Å²) in [6.45, 7) is 4.09. The van der Waals surface area contributed by atoms with Crippen LogP contribution in [0, 0.1) is 13.8 Å². The van der Waals surface area contributed by atoms with Gasteiger partial charge < -0.3 is 19.6 Å². The molecule has 0 spiro atoms. The number of aliphatic hydroxyl groups excluding tert-OH is 2. The number of aromatic nitrogens is 1. The maximum absolute atomic E-state index is 11.9. The van der Waals surface area contributed by atoms with Crippen molar-refractivity contribution in [1.82, 2.24) is 10.1 Å². The van der Waals surface area contributed by atoms with Gasteiger partial charge in [0.2, 0.25) is 5.91 Å². The van der Waals surface area contributed by atoms with E-state index in [0.29, 0.717) is 12.8 Å². The summed E-state index contributed by atoms with van der Waals surface area (Å²) in [6, 6.07) is 0. The molecule has 18 heavy (non-hydrogen) atoms. The number of aliphatic hydroxyl groups is 2. The highest BCUT2D eigenvalue weighted by Crippen LogP contribution is 2.17. The second-order valence-electron chi connectivity index (χ2n) is 4.74. The van der Waals surface area contributed by atoms with Crippen molar-refractivity contribution in [3.63, 3.8) is 0 Å². The van der Waals surface area contributed by atoms with E-state index in [9.17, 15) is 15.0 Å². The molecule has 1 aliphatic rings. The highest BCUT2D eigenvalue weighted by molar-refractivity contribution is 5.77. The van der Waals surface area contributed by atoms with Gasteiger partial charge in [0.25, 0.3) is 0 Å². The zero-order chi connectivity index (χ0) is 13.3. The van der Waals surface area contributed by atoms with Crippen LogP contribution < -0.4 is 0 Å². The Bertz CT molecular complexity index is 414. The molecule has 2 rings (SSSR count). The summed E-state index contributed by atoms with van der Waals surface area (Å²) in [7, 11) is 0. The molecular formula is C12H18N2O4. The Morgan fingerprint density at radius 2 is 2.00 bits per heavy atom. The van der Waals surface area contributed by atoms with Crippen molar-refractivity contribution in [2.45, 2.75) is 38.9 Å². The molecule has 100 valence electrons. The van der Waals surface area contributed by atoms with Gasteiger partial charge in [0.15, 0.2) is 0 Å². The molecule has 1 aliphatic heterocycles. The van der Waals surface area contributed by atoms with E-state index in [1.54, 1.807) is 0 Å². The highest BCUT2D eigenvalue weighted by Gasteiger charge is 2.32. The summed E-state index contributed by atoms with van der Waals surface area (Å²) in [5.74, 6) is 0.674. The lowest BCUT2D eigenvalue weighted by atomic mass is 10.1. The van der Waals surface area contributed by atoms with Gasteiger partial charge >= 0.3 is 0 Å². The molecule has 0 aromatic carbocycles. The molecule has 1 aromatic rings. The molecule has 1 saturated heterocycles. The Balaban J connectivity index is 1.90. The maximum Gasteiger partial charge on any atom is 0.223 e. The Hall–Kier alpha value is -1.40. The van der Waals surface area contributed by atoms with Gasteiger partial charge in [0.05, 0.1) is 17.9 Å². The number of hydrogen-bond acceptors (Lipinski definition) is 5. The van der Waals surface area contributed by atoms with E-state index in [1.165, 1.54) is 4.90 Å². The smallest absolute Gasteiger partial charge is 0.223 e. The van der Waals surface area contributed by atoms with Gasteiger partial charge in [0, 0.05) is 25.1 Å². The number of hydrogen-bond donors (Lipinski definition) is 2. The lowest BCUT2D eigenvalue weighted by Gasteiger charge is -2.14. The first-order valence-electron chi connectivity index (χ1n) is 6.04. The molecule has 2 heterocycles. The van der Waals surface area contributed by atoms with E-state index >= 15 is 0 Å². The summed E-state index contributed by atoms with van der Waals surface area (Å²) in [6.07, 6.45) is -0.744. The van der Waals surface area contributed by atoms with Crippen molar-refractivity contribution in [1.29, 1.82) is 0 Å². The van der Waals surface area contributed by atoms with Crippen LogP contribution in [0.2, 0.25) is 0 Å². The largest absolute Gasteiger partial charge is 0.388 e.